The van der Waals surface area contributed by atoms with Crippen LogP contribution >= 0.6 is 15.9 Å². The van der Waals surface area contributed by atoms with Crippen molar-refractivity contribution < 1.29 is 13.5 Å². The van der Waals surface area contributed by atoms with Gasteiger partial charge in [-0.3, -0.25) is 4.57 Å². The van der Waals surface area contributed by atoms with Crippen LogP contribution in [0, 0.1) is 0 Å². The van der Waals surface area contributed by atoms with Crippen molar-refractivity contribution in [2.24, 2.45) is 0 Å². The van der Waals surface area contributed by atoms with E-state index in [0.717, 1.165) is 14.6 Å². The zero-order valence-corrected chi connectivity index (χ0v) is 12.4. The second kappa shape index (κ2) is 6.81. The van der Waals surface area contributed by atoms with Gasteiger partial charge in [-0.25, -0.2) is 4.98 Å². The Labute approximate surface area is 123 Å². The highest BCUT2D eigenvalue weighted by atomic mass is 79.9. The zero-order chi connectivity index (χ0) is 14.5. The van der Waals surface area contributed by atoms with Crippen molar-refractivity contribution in [2.45, 2.75) is 19.7 Å². The topological polar surface area (TPSA) is 39.1 Å². The van der Waals surface area contributed by atoms with E-state index in [2.05, 4.69) is 26.2 Å². The average Bonchev–Trinajstić information content (AvgIpc) is 2.88. The normalized spacial score (nSPS) is 11.1. The molecule has 1 aromatic heterocycles. The van der Waals surface area contributed by atoms with Gasteiger partial charge in [0.2, 0.25) is 0 Å². The molecule has 108 valence electrons. The fraction of sp³-hybridized carbons (Fsp3) is 0.308. The zero-order valence-electron chi connectivity index (χ0n) is 10.8. The molecule has 4 nitrogen and oxygen atoms in total. The van der Waals surface area contributed by atoms with Crippen molar-refractivity contribution in [1.29, 1.82) is 0 Å². The highest BCUT2D eigenvalue weighted by Crippen LogP contribution is 2.23. The van der Waals surface area contributed by atoms with Crippen LogP contribution in [-0.2, 0) is 13.2 Å². The Morgan fingerprint density at radius 3 is 2.95 bits per heavy atom. The van der Waals surface area contributed by atoms with Gasteiger partial charge < -0.3 is 10.1 Å². The fourth-order valence-corrected chi connectivity index (χ4v) is 2.13. The molecule has 20 heavy (non-hydrogen) atoms. The minimum absolute atomic E-state index is 0.00202. The number of hydrogen-bond donors (Lipinski definition) is 1. The molecule has 1 aromatic carbocycles. The first kappa shape index (κ1) is 14.9. The molecule has 0 bridgehead atoms. The maximum absolute atomic E-state index is 12.7. The third-order valence-electron chi connectivity index (χ3n) is 2.71. The summed E-state index contributed by atoms with van der Waals surface area (Å²) in [5, 5.41) is 3.04. The standard InChI is InChI=1S/C13H14BrF2N3O/c1-17-7-9-6-10(2-3-11(9)14)20-8-12-18-4-5-19(12)13(15)16/h2-6,13,17H,7-8H2,1H3. The van der Waals surface area contributed by atoms with E-state index >= 15 is 0 Å². The van der Waals surface area contributed by atoms with Gasteiger partial charge in [0.1, 0.15) is 12.4 Å². The van der Waals surface area contributed by atoms with Gasteiger partial charge in [0, 0.05) is 23.4 Å². The summed E-state index contributed by atoms with van der Waals surface area (Å²) in [6.45, 7) is -1.93. The van der Waals surface area contributed by atoms with Crippen LogP contribution in [0.5, 0.6) is 5.75 Å². The van der Waals surface area contributed by atoms with Gasteiger partial charge in [0.05, 0.1) is 0 Å². The number of nitrogens with zero attached hydrogens (tertiary/aromatic N) is 2. The quantitative estimate of drug-likeness (QED) is 0.872. The second-order valence-electron chi connectivity index (χ2n) is 4.10. The molecule has 0 aliphatic heterocycles. The molecule has 0 atom stereocenters. The van der Waals surface area contributed by atoms with Crippen LogP contribution in [0.4, 0.5) is 8.78 Å². The molecule has 0 spiro atoms. The van der Waals surface area contributed by atoms with E-state index in [4.69, 9.17) is 4.74 Å². The highest BCUT2D eigenvalue weighted by molar-refractivity contribution is 9.10. The Kier molecular flexibility index (Phi) is 5.08. The van der Waals surface area contributed by atoms with Gasteiger partial charge in [-0.2, -0.15) is 8.78 Å². The molecule has 1 N–H and O–H groups in total. The van der Waals surface area contributed by atoms with Gasteiger partial charge in [0.25, 0.3) is 0 Å². The summed E-state index contributed by atoms with van der Waals surface area (Å²) in [6.07, 6.45) is 2.57. The van der Waals surface area contributed by atoms with Gasteiger partial charge >= 0.3 is 6.55 Å². The number of ether oxygens (including phenoxy) is 1. The van der Waals surface area contributed by atoms with Crippen molar-refractivity contribution in [3.8, 4) is 5.75 Å². The van der Waals surface area contributed by atoms with E-state index in [9.17, 15) is 8.78 Å². The minimum atomic E-state index is -2.61. The van der Waals surface area contributed by atoms with Crippen molar-refractivity contribution in [2.75, 3.05) is 7.05 Å². The summed E-state index contributed by atoms with van der Waals surface area (Å²) in [5.74, 6) is 0.806. The van der Waals surface area contributed by atoms with Gasteiger partial charge in [-0.05, 0) is 30.8 Å². The number of hydrogen-bond acceptors (Lipinski definition) is 3. The highest BCUT2D eigenvalue weighted by Gasteiger charge is 2.12. The van der Waals surface area contributed by atoms with Crippen LogP contribution in [0.25, 0.3) is 0 Å². The van der Waals surface area contributed by atoms with Gasteiger partial charge in [-0.15, -0.1) is 0 Å². The van der Waals surface area contributed by atoms with Crippen LogP contribution in [0.2, 0.25) is 0 Å². The lowest BCUT2D eigenvalue weighted by Crippen LogP contribution is -2.08. The van der Waals surface area contributed by atoms with E-state index in [1.54, 1.807) is 6.07 Å². The van der Waals surface area contributed by atoms with E-state index in [1.165, 1.54) is 12.4 Å². The molecule has 0 fully saturated rings. The van der Waals surface area contributed by atoms with E-state index in [-0.39, 0.29) is 12.4 Å². The molecule has 0 aliphatic carbocycles. The first-order valence-electron chi connectivity index (χ1n) is 5.97. The monoisotopic (exact) mass is 345 g/mol. The molecule has 0 amide bonds. The molecule has 2 rings (SSSR count). The first-order chi connectivity index (χ1) is 9.61. The SMILES string of the molecule is CNCc1cc(OCc2nccn2C(F)F)ccc1Br. The Bertz CT molecular complexity index is 574. The summed E-state index contributed by atoms with van der Waals surface area (Å²) in [6, 6.07) is 5.50. The van der Waals surface area contributed by atoms with E-state index in [1.807, 2.05) is 19.2 Å². The van der Waals surface area contributed by atoms with Crippen molar-refractivity contribution in [3.63, 3.8) is 0 Å². The second-order valence-corrected chi connectivity index (χ2v) is 4.95. The van der Waals surface area contributed by atoms with E-state index < -0.39 is 6.55 Å². The summed E-state index contributed by atoms with van der Waals surface area (Å²) < 4.78 is 32.6. The number of alkyl halides is 2. The lowest BCUT2D eigenvalue weighted by molar-refractivity contribution is 0.0632. The van der Waals surface area contributed by atoms with Crippen LogP contribution in [-0.4, -0.2) is 16.6 Å². The lowest BCUT2D eigenvalue weighted by Gasteiger charge is -2.10. The third kappa shape index (κ3) is 3.55. The molecule has 7 heteroatoms. The van der Waals surface area contributed by atoms with Gasteiger partial charge in [-0.1, -0.05) is 15.9 Å². The molecular weight excluding hydrogens is 332 g/mol. The average molecular weight is 346 g/mol. The molecule has 0 unspecified atom stereocenters. The molecule has 1 heterocycles. The smallest absolute Gasteiger partial charge is 0.320 e. The number of aromatic nitrogens is 2. The molecule has 0 radical (unpaired) electrons. The molecule has 0 saturated heterocycles. The minimum Gasteiger partial charge on any atom is -0.486 e. The van der Waals surface area contributed by atoms with Crippen molar-refractivity contribution in [3.05, 3.63) is 46.5 Å². The lowest BCUT2D eigenvalue weighted by atomic mass is 10.2. The number of rotatable bonds is 6. The molecule has 2 aromatic rings. The Morgan fingerprint density at radius 2 is 2.25 bits per heavy atom. The van der Waals surface area contributed by atoms with Crippen LogP contribution in [0.3, 0.4) is 0 Å². The maximum atomic E-state index is 12.7. The molecule has 0 saturated carbocycles. The van der Waals surface area contributed by atoms with Crippen molar-refractivity contribution >= 4 is 15.9 Å². The fourth-order valence-electron chi connectivity index (χ4n) is 1.75. The number of benzene rings is 1. The Hall–Kier alpha value is -1.47. The Morgan fingerprint density at radius 1 is 1.45 bits per heavy atom. The number of nitrogens with one attached hydrogen (secondary N) is 1. The first-order valence-corrected chi connectivity index (χ1v) is 6.77. The van der Waals surface area contributed by atoms with Crippen LogP contribution in [0.1, 0.15) is 17.9 Å². The summed E-state index contributed by atoms with van der Waals surface area (Å²) in [4.78, 5) is 3.87. The number of halogens is 3. The number of imidazole rings is 1. The molecular formula is C13H14BrF2N3O. The predicted octanol–water partition coefficient (Wildman–Crippen LogP) is 3.34. The predicted molar refractivity (Wildman–Crippen MR) is 74.7 cm³/mol. The van der Waals surface area contributed by atoms with Crippen LogP contribution in [0.15, 0.2) is 35.1 Å². The van der Waals surface area contributed by atoms with Crippen molar-refractivity contribution in [1.82, 2.24) is 14.9 Å². The Balaban J connectivity index is 2.07. The molecule has 0 aliphatic rings. The van der Waals surface area contributed by atoms with Gasteiger partial charge in [0.15, 0.2) is 5.82 Å². The van der Waals surface area contributed by atoms with E-state index in [0.29, 0.717) is 12.3 Å². The summed E-state index contributed by atoms with van der Waals surface area (Å²) in [5.41, 5.74) is 1.03. The van der Waals surface area contributed by atoms with Crippen LogP contribution < -0.4 is 10.1 Å². The largest absolute Gasteiger partial charge is 0.486 e. The summed E-state index contributed by atoms with van der Waals surface area (Å²) >= 11 is 3.44. The third-order valence-corrected chi connectivity index (χ3v) is 3.49. The maximum Gasteiger partial charge on any atom is 0.320 e. The summed E-state index contributed by atoms with van der Waals surface area (Å²) in [7, 11) is 1.85.